The van der Waals surface area contributed by atoms with Crippen molar-refractivity contribution in [2.45, 2.75) is 26.3 Å². The number of Topliss-reactive ketones (excluding diaryl/α,β-unsaturated/α-hetero) is 1. The summed E-state index contributed by atoms with van der Waals surface area (Å²) in [4.78, 5) is 27.0. The highest BCUT2D eigenvalue weighted by Crippen LogP contribution is 2.40. The third-order valence-electron chi connectivity index (χ3n) is 5.14. The van der Waals surface area contributed by atoms with Gasteiger partial charge in [-0.05, 0) is 38.0 Å². The number of halogens is 1. The smallest absolute Gasteiger partial charge is 0.295 e. The number of rotatable bonds is 6. The van der Waals surface area contributed by atoms with Crippen molar-refractivity contribution in [3.8, 4) is 0 Å². The van der Waals surface area contributed by atoms with E-state index in [0.717, 1.165) is 11.1 Å². The molecule has 152 valence electrons. The molecule has 1 amide bonds. The predicted molar refractivity (Wildman–Crippen MR) is 108 cm³/mol. The van der Waals surface area contributed by atoms with E-state index in [1.54, 1.807) is 32.2 Å². The SMILES string of the molecule is COCCCN1C(=O)C(=O)C(=C(O)c2cc(C)ccc2C)[C@H]1c1ccccc1F. The van der Waals surface area contributed by atoms with Crippen molar-refractivity contribution in [3.05, 3.63) is 76.1 Å². The fraction of sp³-hybridized carbons (Fsp3) is 0.304. The minimum absolute atomic E-state index is 0.0915. The summed E-state index contributed by atoms with van der Waals surface area (Å²) in [6, 6.07) is 10.5. The second-order valence-electron chi connectivity index (χ2n) is 7.18. The zero-order valence-corrected chi connectivity index (χ0v) is 16.7. The van der Waals surface area contributed by atoms with Gasteiger partial charge in [0.1, 0.15) is 11.6 Å². The standard InChI is InChI=1S/C23H24FNO4/c1-14-9-10-15(2)17(13-14)21(26)19-20(16-7-4-5-8-18(16)24)25(11-6-12-29-3)23(28)22(19)27/h4-5,7-10,13,20,26H,6,11-12H2,1-3H3/t20-/m1/s1. The molecule has 1 aliphatic rings. The average molecular weight is 397 g/mol. The van der Waals surface area contributed by atoms with Crippen LogP contribution in [-0.4, -0.2) is 42.0 Å². The third-order valence-corrected chi connectivity index (χ3v) is 5.14. The van der Waals surface area contributed by atoms with Gasteiger partial charge in [-0.2, -0.15) is 0 Å². The van der Waals surface area contributed by atoms with Gasteiger partial charge in [0.25, 0.3) is 11.7 Å². The first-order chi connectivity index (χ1) is 13.9. The van der Waals surface area contributed by atoms with Crippen LogP contribution in [-0.2, 0) is 14.3 Å². The predicted octanol–water partition coefficient (Wildman–Crippen LogP) is 3.90. The number of methoxy groups -OCH3 is 1. The monoisotopic (exact) mass is 397 g/mol. The van der Waals surface area contributed by atoms with Crippen LogP contribution in [0.25, 0.3) is 5.76 Å². The van der Waals surface area contributed by atoms with E-state index in [-0.39, 0.29) is 23.4 Å². The van der Waals surface area contributed by atoms with Crippen LogP contribution in [0.4, 0.5) is 4.39 Å². The average Bonchev–Trinajstić information content (AvgIpc) is 2.94. The molecule has 3 rings (SSSR count). The Labute approximate surface area is 169 Å². The zero-order chi connectivity index (χ0) is 21.1. The largest absolute Gasteiger partial charge is 0.507 e. The van der Waals surface area contributed by atoms with Crippen molar-refractivity contribution in [1.82, 2.24) is 4.90 Å². The quantitative estimate of drug-likeness (QED) is 0.347. The van der Waals surface area contributed by atoms with Crippen molar-refractivity contribution in [3.63, 3.8) is 0 Å². The van der Waals surface area contributed by atoms with Gasteiger partial charge < -0.3 is 14.7 Å². The van der Waals surface area contributed by atoms with E-state index in [4.69, 9.17) is 4.74 Å². The van der Waals surface area contributed by atoms with Gasteiger partial charge in [0.15, 0.2) is 0 Å². The van der Waals surface area contributed by atoms with Gasteiger partial charge in [0.05, 0.1) is 11.6 Å². The zero-order valence-electron chi connectivity index (χ0n) is 16.7. The van der Waals surface area contributed by atoms with Crippen LogP contribution in [0.1, 0.15) is 34.7 Å². The van der Waals surface area contributed by atoms with Crippen LogP contribution in [0.15, 0.2) is 48.0 Å². The molecule has 0 radical (unpaired) electrons. The Kier molecular flexibility index (Phi) is 6.13. The topological polar surface area (TPSA) is 66.8 Å². The Morgan fingerprint density at radius 1 is 1.17 bits per heavy atom. The molecule has 1 N–H and O–H groups in total. The summed E-state index contributed by atoms with van der Waals surface area (Å²) in [5.74, 6) is -2.38. The maximum Gasteiger partial charge on any atom is 0.295 e. The van der Waals surface area contributed by atoms with Crippen molar-refractivity contribution in [2.24, 2.45) is 0 Å². The van der Waals surface area contributed by atoms with Gasteiger partial charge in [-0.3, -0.25) is 9.59 Å². The van der Waals surface area contributed by atoms with E-state index in [1.165, 1.54) is 17.0 Å². The molecule has 0 unspecified atom stereocenters. The Morgan fingerprint density at radius 2 is 1.90 bits per heavy atom. The molecular formula is C23H24FNO4. The first kappa shape index (κ1) is 20.7. The molecule has 1 saturated heterocycles. The molecule has 2 aromatic carbocycles. The first-order valence-electron chi connectivity index (χ1n) is 9.46. The minimum atomic E-state index is -0.993. The summed E-state index contributed by atoms with van der Waals surface area (Å²) in [7, 11) is 1.54. The molecule has 0 bridgehead atoms. The van der Waals surface area contributed by atoms with Crippen molar-refractivity contribution < 1.29 is 23.8 Å². The van der Waals surface area contributed by atoms with Crippen molar-refractivity contribution >= 4 is 17.4 Å². The van der Waals surface area contributed by atoms with E-state index in [2.05, 4.69) is 0 Å². The Morgan fingerprint density at radius 3 is 2.59 bits per heavy atom. The number of carbonyl (C=O) groups excluding carboxylic acids is 2. The van der Waals surface area contributed by atoms with Gasteiger partial charge in [-0.25, -0.2) is 4.39 Å². The van der Waals surface area contributed by atoms with Gasteiger partial charge >= 0.3 is 0 Å². The summed E-state index contributed by atoms with van der Waals surface area (Å²) in [6.07, 6.45) is 0.484. The van der Waals surface area contributed by atoms with E-state index in [9.17, 15) is 19.1 Å². The maximum atomic E-state index is 14.7. The van der Waals surface area contributed by atoms with Gasteiger partial charge in [0, 0.05) is 31.4 Å². The maximum absolute atomic E-state index is 14.7. The number of amides is 1. The molecular weight excluding hydrogens is 373 g/mol. The van der Waals surface area contributed by atoms with Crippen LogP contribution >= 0.6 is 0 Å². The van der Waals surface area contributed by atoms with Gasteiger partial charge in [-0.15, -0.1) is 0 Å². The fourth-order valence-electron chi connectivity index (χ4n) is 3.65. The highest BCUT2D eigenvalue weighted by atomic mass is 19.1. The van der Waals surface area contributed by atoms with Crippen LogP contribution < -0.4 is 0 Å². The second kappa shape index (κ2) is 8.57. The summed E-state index contributed by atoms with van der Waals surface area (Å²) in [5, 5.41) is 11.1. The number of aryl methyl sites for hydroxylation is 2. The second-order valence-corrected chi connectivity index (χ2v) is 7.18. The number of aliphatic hydroxyl groups is 1. The van der Waals surface area contributed by atoms with E-state index >= 15 is 0 Å². The molecule has 1 heterocycles. The minimum Gasteiger partial charge on any atom is -0.507 e. The first-order valence-corrected chi connectivity index (χ1v) is 9.46. The van der Waals surface area contributed by atoms with Gasteiger partial charge in [-0.1, -0.05) is 35.9 Å². The number of nitrogens with zero attached hydrogens (tertiary/aromatic N) is 1. The lowest BCUT2D eigenvalue weighted by atomic mass is 9.93. The number of likely N-dealkylation sites (tertiary alicyclic amines) is 1. The van der Waals surface area contributed by atoms with Crippen molar-refractivity contribution in [2.75, 3.05) is 20.3 Å². The van der Waals surface area contributed by atoms with Crippen LogP contribution in [0.5, 0.6) is 0 Å². The van der Waals surface area contributed by atoms with E-state index < -0.39 is 23.5 Å². The number of hydrogen-bond acceptors (Lipinski definition) is 4. The van der Waals surface area contributed by atoms with Crippen LogP contribution in [0, 0.1) is 19.7 Å². The summed E-state index contributed by atoms with van der Waals surface area (Å²) < 4.78 is 19.7. The Hall–Kier alpha value is -2.99. The fourth-order valence-corrected chi connectivity index (χ4v) is 3.65. The number of benzene rings is 2. The molecule has 0 aromatic heterocycles. The molecule has 0 aliphatic carbocycles. The van der Waals surface area contributed by atoms with E-state index in [1.807, 2.05) is 19.1 Å². The van der Waals surface area contributed by atoms with Crippen LogP contribution in [0.3, 0.4) is 0 Å². The normalized spacial score (nSPS) is 18.5. The molecule has 5 nitrogen and oxygen atoms in total. The molecule has 1 aliphatic heterocycles. The lowest BCUT2D eigenvalue weighted by Crippen LogP contribution is -2.31. The Balaban J connectivity index is 2.19. The summed E-state index contributed by atoms with van der Waals surface area (Å²) in [6.45, 7) is 4.28. The number of hydrogen-bond donors (Lipinski definition) is 1. The molecule has 1 fully saturated rings. The van der Waals surface area contributed by atoms with E-state index in [0.29, 0.717) is 18.6 Å². The number of aliphatic hydroxyl groups excluding tert-OH is 1. The molecule has 6 heteroatoms. The van der Waals surface area contributed by atoms with Crippen molar-refractivity contribution in [1.29, 1.82) is 0 Å². The molecule has 0 saturated carbocycles. The van der Waals surface area contributed by atoms with Crippen LogP contribution in [0.2, 0.25) is 0 Å². The lowest BCUT2D eigenvalue weighted by molar-refractivity contribution is -0.140. The molecule has 1 atom stereocenters. The molecule has 0 spiro atoms. The van der Waals surface area contributed by atoms with Gasteiger partial charge in [0.2, 0.25) is 0 Å². The molecule has 2 aromatic rings. The Bertz CT molecular complexity index is 983. The number of carbonyl (C=O) groups is 2. The number of ether oxygens (including phenoxy) is 1. The summed E-state index contributed by atoms with van der Waals surface area (Å²) in [5.41, 5.74) is 2.20. The lowest BCUT2D eigenvalue weighted by Gasteiger charge is -2.25. The highest BCUT2D eigenvalue weighted by Gasteiger charge is 2.46. The third kappa shape index (κ3) is 3.93. The highest BCUT2D eigenvalue weighted by molar-refractivity contribution is 6.46. The number of ketones is 1. The summed E-state index contributed by atoms with van der Waals surface area (Å²) >= 11 is 0. The molecule has 29 heavy (non-hydrogen) atoms.